The van der Waals surface area contributed by atoms with Crippen LogP contribution in [0.25, 0.3) is 6.20 Å². The Balaban J connectivity index is 2.78. The summed E-state index contributed by atoms with van der Waals surface area (Å²) in [5.74, 6) is 0. The molecule has 0 unspecified atom stereocenters. The zero-order valence-electron chi connectivity index (χ0n) is 6.49. The zero-order chi connectivity index (χ0) is 7.40. The van der Waals surface area contributed by atoms with Gasteiger partial charge in [-0.3, -0.25) is 0 Å². The molecular weight excluding hydrogens is 124 g/mol. The fourth-order valence-corrected chi connectivity index (χ4v) is 0.858. The molecule has 1 heterocycles. The van der Waals surface area contributed by atoms with Crippen molar-refractivity contribution in [2.24, 2.45) is 0 Å². The highest BCUT2D eigenvalue weighted by molar-refractivity contribution is 5.18. The first-order chi connectivity index (χ1) is 4.86. The third kappa shape index (κ3) is 1.47. The molecule has 1 rings (SSSR count). The van der Waals surface area contributed by atoms with Gasteiger partial charge >= 0.3 is 0 Å². The highest BCUT2D eigenvalue weighted by Crippen LogP contribution is 1.84. The van der Waals surface area contributed by atoms with Crippen LogP contribution in [0.2, 0.25) is 0 Å². The molecule has 10 heavy (non-hydrogen) atoms. The van der Waals surface area contributed by atoms with Gasteiger partial charge in [-0.2, -0.15) is 0 Å². The minimum atomic E-state index is 1.03. The van der Waals surface area contributed by atoms with Crippen LogP contribution in [0.15, 0.2) is 24.8 Å². The van der Waals surface area contributed by atoms with Crippen LogP contribution >= 0.6 is 0 Å². The van der Waals surface area contributed by atoms with Gasteiger partial charge in [-0.1, -0.05) is 0 Å². The van der Waals surface area contributed by atoms with E-state index in [2.05, 4.69) is 24.0 Å². The molecule has 0 radical (unpaired) electrons. The first-order valence-corrected chi connectivity index (χ1v) is 3.56. The van der Waals surface area contributed by atoms with Gasteiger partial charge in [0.25, 0.3) is 0 Å². The van der Waals surface area contributed by atoms with Gasteiger partial charge in [0.1, 0.15) is 12.4 Å². The Morgan fingerprint density at radius 2 is 2.40 bits per heavy atom. The highest BCUT2D eigenvalue weighted by atomic mass is 15.1. The second kappa shape index (κ2) is 3.20. The number of nitrogens with zero attached hydrogens (tertiary/aromatic N) is 2. The van der Waals surface area contributed by atoms with Gasteiger partial charge in [0.15, 0.2) is 0 Å². The summed E-state index contributed by atoms with van der Waals surface area (Å²) in [5.41, 5.74) is 0. The highest BCUT2D eigenvalue weighted by Gasteiger charge is 1.95. The molecule has 0 fully saturated rings. The molecule has 2 nitrogen and oxygen atoms in total. The maximum Gasteiger partial charge on any atom is 0.248 e. The SMILES string of the molecule is CC=Cn1cc[n+](CC)c1. The normalized spacial score (nSPS) is 11.0. The molecule has 54 valence electrons. The summed E-state index contributed by atoms with van der Waals surface area (Å²) in [6.07, 6.45) is 10.2. The largest absolute Gasteiger partial charge is 0.248 e. The zero-order valence-corrected chi connectivity index (χ0v) is 6.49. The molecule has 0 aliphatic carbocycles. The quantitative estimate of drug-likeness (QED) is 0.543. The van der Waals surface area contributed by atoms with Crippen molar-refractivity contribution in [2.45, 2.75) is 20.4 Å². The van der Waals surface area contributed by atoms with E-state index in [0.29, 0.717) is 0 Å². The Kier molecular flexibility index (Phi) is 2.26. The van der Waals surface area contributed by atoms with E-state index in [1.54, 1.807) is 0 Å². The van der Waals surface area contributed by atoms with E-state index in [0.717, 1.165) is 6.54 Å². The van der Waals surface area contributed by atoms with Crippen molar-refractivity contribution in [1.29, 1.82) is 0 Å². The smallest absolute Gasteiger partial charge is 0.237 e. The van der Waals surface area contributed by atoms with Crippen LogP contribution in [-0.2, 0) is 6.54 Å². The van der Waals surface area contributed by atoms with E-state index < -0.39 is 0 Å². The summed E-state index contributed by atoms with van der Waals surface area (Å²) in [6.45, 7) is 5.17. The summed E-state index contributed by atoms with van der Waals surface area (Å²) in [5, 5.41) is 0. The molecule has 0 aromatic carbocycles. The Morgan fingerprint density at radius 3 is 2.90 bits per heavy atom. The number of aromatic nitrogens is 2. The average Bonchev–Trinajstić information content (AvgIpc) is 2.37. The summed E-state index contributed by atoms with van der Waals surface area (Å²) in [6, 6.07) is 0. The van der Waals surface area contributed by atoms with Crippen molar-refractivity contribution in [3.8, 4) is 0 Å². The molecule has 0 aliphatic heterocycles. The summed E-state index contributed by atoms with van der Waals surface area (Å²) in [4.78, 5) is 0. The lowest BCUT2D eigenvalue weighted by atomic mass is 10.7. The fourth-order valence-electron chi connectivity index (χ4n) is 0.858. The number of aryl methyl sites for hydroxylation is 1. The Hall–Kier alpha value is -1.05. The number of hydrogen-bond acceptors (Lipinski definition) is 0. The molecule has 0 aliphatic rings. The lowest BCUT2D eigenvalue weighted by Gasteiger charge is -1.82. The molecular formula is C8H13N2+. The van der Waals surface area contributed by atoms with E-state index in [9.17, 15) is 0 Å². The Morgan fingerprint density at radius 1 is 1.60 bits per heavy atom. The third-order valence-electron chi connectivity index (χ3n) is 1.40. The van der Waals surface area contributed by atoms with Crippen molar-refractivity contribution in [2.75, 3.05) is 0 Å². The first-order valence-electron chi connectivity index (χ1n) is 3.56. The van der Waals surface area contributed by atoms with E-state index in [-0.39, 0.29) is 0 Å². The molecule has 0 saturated carbocycles. The number of rotatable bonds is 2. The van der Waals surface area contributed by atoms with Gasteiger partial charge in [-0.25, -0.2) is 9.13 Å². The predicted octanol–water partition coefficient (Wildman–Crippen LogP) is 1.29. The first kappa shape index (κ1) is 7.06. The number of imidazole rings is 1. The minimum absolute atomic E-state index is 1.03. The van der Waals surface area contributed by atoms with Gasteiger partial charge < -0.3 is 0 Å². The van der Waals surface area contributed by atoms with Gasteiger partial charge in [-0.05, 0) is 19.9 Å². The third-order valence-corrected chi connectivity index (χ3v) is 1.40. The van der Waals surface area contributed by atoms with Crippen molar-refractivity contribution in [3.63, 3.8) is 0 Å². The second-order valence-corrected chi connectivity index (χ2v) is 2.17. The summed E-state index contributed by atoms with van der Waals surface area (Å²) >= 11 is 0. The fraction of sp³-hybridized carbons (Fsp3) is 0.375. The monoisotopic (exact) mass is 137 g/mol. The summed E-state index contributed by atoms with van der Waals surface area (Å²) < 4.78 is 4.16. The molecule has 0 spiro atoms. The molecule has 0 saturated heterocycles. The van der Waals surface area contributed by atoms with E-state index >= 15 is 0 Å². The van der Waals surface area contributed by atoms with Crippen LogP contribution in [0, 0.1) is 0 Å². The molecule has 0 amide bonds. The average molecular weight is 137 g/mol. The maximum atomic E-state index is 2.12. The second-order valence-electron chi connectivity index (χ2n) is 2.17. The van der Waals surface area contributed by atoms with Crippen molar-refractivity contribution < 1.29 is 4.57 Å². The van der Waals surface area contributed by atoms with Crippen LogP contribution in [0.1, 0.15) is 13.8 Å². The van der Waals surface area contributed by atoms with E-state index in [1.807, 2.05) is 30.0 Å². The topological polar surface area (TPSA) is 8.81 Å². The van der Waals surface area contributed by atoms with Crippen LogP contribution < -0.4 is 4.57 Å². The van der Waals surface area contributed by atoms with Gasteiger partial charge in [-0.15, -0.1) is 0 Å². The Labute approximate surface area is 61.4 Å². The van der Waals surface area contributed by atoms with Gasteiger partial charge in [0.2, 0.25) is 6.33 Å². The van der Waals surface area contributed by atoms with Crippen LogP contribution in [-0.4, -0.2) is 4.57 Å². The van der Waals surface area contributed by atoms with Crippen LogP contribution in [0.3, 0.4) is 0 Å². The van der Waals surface area contributed by atoms with Crippen molar-refractivity contribution >= 4 is 6.20 Å². The van der Waals surface area contributed by atoms with E-state index in [4.69, 9.17) is 0 Å². The predicted molar refractivity (Wildman–Crippen MR) is 41.3 cm³/mol. The lowest BCUT2D eigenvalue weighted by Crippen LogP contribution is -2.28. The van der Waals surface area contributed by atoms with E-state index in [1.165, 1.54) is 0 Å². The molecule has 1 aromatic heterocycles. The van der Waals surface area contributed by atoms with Crippen LogP contribution in [0.4, 0.5) is 0 Å². The Bertz CT molecular complexity index is 223. The molecule has 2 heteroatoms. The number of hydrogen-bond donors (Lipinski definition) is 0. The minimum Gasteiger partial charge on any atom is -0.237 e. The van der Waals surface area contributed by atoms with Gasteiger partial charge in [0, 0.05) is 0 Å². The van der Waals surface area contributed by atoms with Crippen LogP contribution in [0.5, 0.6) is 0 Å². The van der Waals surface area contributed by atoms with Gasteiger partial charge in [0.05, 0.1) is 12.7 Å². The summed E-state index contributed by atoms with van der Waals surface area (Å²) in [7, 11) is 0. The molecule has 0 bridgehead atoms. The van der Waals surface area contributed by atoms with Crippen molar-refractivity contribution in [3.05, 3.63) is 24.8 Å². The molecule has 0 atom stereocenters. The standard InChI is InChI=1S/C8H13N2/c1-3-5-10-7-6-9(4-2)8-10/h3,5-8H,4H2,1-2H3/q+1. The number of allylic oxidation sites excluding steroid dienone is 1. The lowest BCUT2D eigenvalue weighted by molar-refractivity contribution is -0.692. The molecule has 1 aromatic rings. The van der Waals surface area contributed by atoms with Crippen molar-refractivity contribution in [1.82, 2.24) is 4.57 Å². The maximum absolute atomic E-state index is 2.12. The molecule has 0 N–H and O–H groups in total.